The first-order chi connectivity index (χ1) is 5.68. The van der Waals surface area contributed by atoms with Gasteiger partial charge < -0.3 is 10.2 Å². The van der Waals surface area contributed by atoms with Crippen molar-refractivity contribution in [3.05, 3.63) is 12.7 Å². The fourth-order valence-electron chi connectivity index (χ4n) is 0.939. The molecule has 0 unspecified atom stereocenters. The van der Waals surface area contributed by atoms with Crippen LogP contribution in [0.5, 0.6) is 0 Å². The maximum atomic E-state index is 13.2. The van der Waals surface area contributed by atoms with Crippen LogP contribution in [0.4, 0.5) is 4.39 Å². The maximum absolute atomic E-state index is 13.2. The molecule has 0 amide bonds. The van der Waals surface area contributed by atoms with Crippen LogP contribution in [0, 0.1) is 0 Å². The highest BCUT2D eigenvalue weighted by Gasteiger charge is 2.26. The van der Waals surface area contributed by atoms with E-state index in [0.717, 1.165) is 12.8 Å². The average Bonchev–Trinajstić information content (AvgIpc) is 2.12. The van der Waals surface area contributed by atoms with E-state index < -0.39 is 18.9 Å². The van der Waals surface area contributed by atoms with Crippen molar-refractivity contribution >= 4 is 0 Å². The van der Waals surface area contributed by atoms with Crippen molar-refractivity contribution in [2.24, 2.45) is 0 Å². The first-order valence-corrected chi connectivity index (χ1v) is 4.20. The Hall–Kier alpha value is -0.410. The summed E-state index contributed by atoms with van der Waals surface area (Å²) in [6.07, 6.45) is 4.37. The van der Waals surface area contributed by atoms with Crippen LogP contribution >= 0.6 is 0 Å². The Labute approximate surface area is 72.7 Å². The number of unbranched alkanes of at least 4 members (excludes halogenated alkanes) is 2. The van der Waals surface area contributed by atoms with Gasteiger partial charge in [-0.3, -0.25) is 0 Å². The quantitative estimate of drug-likeness (QED) is 0.455. The summed E-state index contributed by atoms with van der Waals surface area (Å²) < 4.78 is 13.2. The Morgan fingerprint density at radius 1 is 1.25 bits per heavy atom. The van der Waals surface area contributed by atoms with Crippen LogP contribution in [-0.4, -0.2) is 29.1 Å². The normalized spacial score (nSPS) is 11.6. The summed E-state index contributed by atoms with van der Waals surface area (Å²) in [7, 11) is 0. The number of halogens is 1. The van der Waals surface area contributed by atoms with E-state index >= 15 is 0 Å². The van der Waals surface area contributed by atoms with Crippen LogP contribution in [0.2, 0.25) is 0 Å². The Bertz CT molecular complexity index is 122. The zero-order valence-corrected chi connectivity index (χ0v) is 7.30. The average molecular weight is 176 g/mol. The molecule has 2 nitrogen and oxygen atoms in total. The molecule has 0 rings (SSSR count). The van der Waals surface area contributed by atoms with E-state index in [9.17, 15) is 4.39 Å². The number of aliphatic hydroxyl groups is 2. The van der Waals surface area contributed by atoms with E-state index in [4.69, 9.17) is 10.2 Å². The van der Waals surface area contributed by atoms with Crippen molar-refractivity contribution in [1.29, 1.82) is 0 Å². The van der Waals surface area contributed by atoms with Gasteiger partial charge in [-0.15, -0.1) is 6.58 Å². The summed E-state index contributed by atoms with van der Waals surface area (Å²) in [4.78, 5) is 0. The third-order valence-corrected chi connectivity index (χ3v) is 1.85. The fourth-order valence-corrected chi connectivity index (χ4v) is 0.939. The van der Waals surface area contributed by atoms with Gasteiger partial charge in [0.15, 0.2) is 5.67 Å². The molecule has 0 aliphatic rings. The number of aliphatic hydroxyl groups excluding tert-OH is 2. The predicted octanol–water partition coefficient (Wildman–Crippen LogP) is 1.43. The van der Waals surface area contributed by atoms with Gasteiger partial charge in [0.2, 0.25) is 0 Å². The Balaban J connectivity index is 3.51. The highest BCUT2D eigenvalue weighted by atomic mass is 19.1. The standard InChI is InChI=1S/C9H17FO2/c1-2-3-4-5-6-9(10,7-11)8-12/h2,11-12H,1,3-8H2. The monoisotopic (exact) mass is 176 g/mol. The van der Waals surface area contributed by atoms with Gasteiger partial charge in [0, 0.05) is 0 Å². The molecular weight excluding hydrogens is 159 g/mol. The number of hydrogen-bond acceptors (Lipinski definition) is 2. The lowest BCUT2D eigenvalue weighted by Gasteiger charge is -2.19. The molecule has 0 saturated carbocycles. The van der Waals surface area contributed by atoms with Gasteiger partial charge in [0.05, 0.1) is 13.2 Å². The highest BCUT2D eigenvalue weighted by Crippen LogP contribution is 2.18. The van der Waals surface area contributed by atoms with E-state index in [1.165, 1.54) is 0 Å². The van der Waals surface area contributed by atoms with Gasteiger partial charge in [0.25, 0.3) is 0 Å². The first kappa shape index (κ1) is 11.6. The van der Waals surface area contributed by atoms with E-state index in [-0.39, 0.29) is 6.42 Å². The summed E-state index contributed by atoms with van der Waals surface area (Å²) in [5.74, 6) is 0. The topological polar surface area (TPSA) is 40.5 Å². The second-order valence-corrected chi connectivity index (χ2v) is 3.00. The minimum absolute atomic E-state index is 0.216. The third-order valence-electron chi connectivity index (χ3n) is 1.85. The number of allylic oxidation sites excluding steroid dienone is 1. The molecule has 0 aromatic heterocycles. The lowest BCUT2D eigenvalue weighted by molar-refractivity contribution is 0.00801. The van der Waals surface area contributed by atoms with Gasteiger partial charge in [-0.1, -0.05) is 6.08 Å². The Morgan fingerprint density at radius 3 is 2.25 bits per heavy atom. The van der Waals surface area contributed by atoms with Crippen LogP contribution in [0.25, 0.3) is 0 Å². The molecule has 0 atom stereocenters. The molecule has 0 bridgehead atoms. The summed E-state index contributed by atoms with van der Waals surface area (Å²) >= 11 is 0. The second kappa shape index (κ2) is 6.14. The van der Waals surface area contributed by atoms with Crippen molar-refractivity contribution in [2.45, 2.75) is 31.4 Å². The van der Waals surface area contributed by atoms with Crippen LogP contribution in [-0.2, 0) is 0 Å². The summed E-state index contributed by atoms with van der Waals surface area (Å²) in [6, 6.07) is 0. The van der Waals surface area contributed by atoms with Crippen molar-refractivity contribution in [2.75, 3.05) is 13.2 Å². The number of hydrogen-bond donors (Lipinski definition) is 2. The van der Waals surface area contributed by atoms with E-state index in [1.807, 2.05) is 0 Å². The molecule has 0 spiro atoms. The minimum atomic E-state index is -1.79. The van der Waals surface area contributed by atoms with E-state index in [0.29, 0.717) is 6.42 Å². The lowest BCUT2D eigenvalue weighted by atomic mass is 10.00. The van der Waals surface area contributed by atoms with Crippen LogP contribution < -0.4 is 0 Å². The van der Waals surface area contributed by atoms with Gasteiger partial charge in [0.1, 0.15) is 0 Å². The zero-order valence-electron chi connectivity index (χ0n) is 7.30. The molecule has 2 N–H and O–H groups in total. The van der Waals surface area contributed by atoms with Gasteiger partial charge >= 0.3 is 0 Å². The van der Waals surface area contributed by atoms with Crippen molar-refractivity contribution in [3.63, 3.8) is 0 Å². The molecule has 0 fully saturated rings. The van der Waals surface area contributed by atoms with Gasteiger partial charge in [-0.2, -0.15) is 0 Å². The van der Waals surface area contributed by atoms with E-state index in [2.05, 4.69) is 6.58 Å². The molecule has 3 heteroatoms. The summed E-state index contributed by atoms with van der Waals surface area (Å²) in [5.41, 5.74) is -1.79. The number of rotatable bonds is 7. The Morgan fingerprint density at radius 2 is 1.83 bits per heavy atom. The molecule has 0 aromatic rings. The summed E-state index contributed by atoms with van der Waals surface area (Å²) in [5, 5.41) is 17.2. The maximum Gasteiger partial charge on any atom is 0.156 e. The Kier molecular flexibility index (Phi) is 5.93. The first-order valence-electron chi connectivity index (χ1n) is 4.20. The zero-order chi connectivity index (χ0) is 9.45. The molecule has 0 aromatic carbocycles. The highest BCUT2D eigenvalue weighted by molar-refractivity contribution is 4.77. The van der Waals surface area contributed by atoms with E-state index in [1.54, 1.807) is 6.08 Å². The molecule has 12 heavy (non-hydrogen) atoms. The molecule has 0 saturated heterocycles. The van der Waals surface area contributed by atoms with Crippen molar-refractivity contribution in [3.8, 4) is 0 Å². The summed E-state index contributed by atoms with van der Waals surface area (Å²) in [6.45, 7) is 2.34. The molecule has 0 aliphatic heterocycles. The fraction of sp³-hybridized carbons (Fsp3) is 0.778. The third kappa shape index (κ3) is 4.46. The van der Waals surface area contributed by atoms with Crippen molar-refractivity contribution in [1.82, 2.24) is 0 Å². The van der Waals surface area contributed by atoms with Crippen molar-refractivity contribution < 1.29 is 14.6 Å². The molecule has 0 heterocycles. The smallest absolute Gasteiger partial charge is 0.156 e. The molecule has 72 valence electrons. The molecular formula is C9H17FO2. The van der Waals surface area contributed by atoms with Crippen LogP contribution in [0.1, 0.15) is 25.7 Å². The SMILES string of the molecule is C=CCCCCC(F)(CO)CO. The van der Waals surface area contributed by atoms with Gasteiger partial charge in [-0.05, 0) is 25.7 Å². The molecule has 0 radical (unpaired) electrons. The second-order valence-electron chi connectivity index (χ2n) is 3.00. The van der Waals surface area contributed by atoms with Gasteiger partial charge in [-0.25, -0.2) is 4.39 Å². The number of alkyl halides is 1. The van der Waals surface area contributed by atoms with Crippen LogP contribution in [0.15, 0.2) is 12.7 Å². The molecule has 0 aliphatic carbocycles. The largest absolute Gasteiger partial charge is 0.393 e. The predicted molar refractivity (Wildman–Crippen MR) is 46.7 cm³/mol. The minimum Gasteiger partial charge on any atom is -0.393 e. The lowest BCUT2D eigenvalue weighted by Crippen LogP contribution is -2.32. The van der Waals surface area contributed by atoms with Crippen LogP contribution in [0.3, 0.4) is 0 Å².